The lowest BCUT2D eigenvalue weighted by atomic mass is 10.0. The van der Waals surface area contributed by atoms with Crippen LogP contribution in [0.4, 0.5) is 22.7 Å². The summed E-state index contributed by atoms with van der Waals surface area (Å²) in [7, 11) is 0.439. The number of nitrogens with zero attached hydrogens (tertiary/aromatic N) is 2. The number of fused-ring (bicyclic) bond motifs is 4. The maximum absolute atomic E-state index is 13.4. The number of rotatable bonds is 5. The first kappa shape index (κ1) is 30.1. The molecule has 8 rings (SSSR count). The summed E-state index contributed by atoms with van der Waals surface area (Å²) in [5.74, 6) is 0. The second-order valence-electron chi connectivity index (χ2n) is 12.0. The molecule has 0 aromatic heterocycles. The van der Waals surface area contributed by atoms with Crippen molar-refractivity contribution in [2.45, 2.75) is 19.6 Å². The van der Waals surface area contributed by atoms with Crippen LogP contribution in [0, 0.1) is 0 Å². The molecule has 48 heavy (non-hydrogen) atoms. The smallest absolute Gasteiger partial charge is 0.210 e. The van der Waals surface area contributed by atoms with E-state index in [4.69, 9.17) is 0 Å². The fourth-order valence-electron chi connectivity index (χ4n) is 6.36. The standard InChI is InChI=1S/C42H32N2O2S2/c1-43-35-7-3-5-9-39(35)47-40-27-31(19-25-36(40)43)13-11-29-15-21-33(22-16-29)34-23-17-30(18-24-34)12-14-32-20-26-38-42(28-32)48(45,46)41-10-6-4-8-37(41)44(38)2/h3-28H,1-2H3. The highest BCUT2D eigenvalue weighted by Gasteiger charge is 2.32. The molecule has 0 aliphatic carbocycles. The Hall–Kier alpha value is -5.30. The zero-order valence-corrected chi connectivity index (χ0v) is 28.2. The van der Waals surface area contributed by atoms with Crippen molar-refractivity contribution in [1.29, 1.82) is 0 Å². The fourth-order valence-corrected chi connectivity index (χ4v) is 9.30. The summed E-state index contributed by atoms with van der Waals surface area (Å²) in [5.41, 5.74) is 10.4. The molecule has 2 heterocycles. The minimum atomic E-state index is -3.59. The first-order valence-corrected chi connectivity index (χ1v) is 18.1. The second-order valence-corrected chi connectivity index (χ2v) is 15.0. The number of para-hydroxylation sites is 2. The average molecular weight is 661 g/mol. The van der Waals surface area contributed by atoms with Crippen LogP contribution in [0.1, 0.15) is 22.3 Å². The minimum absolute atomic E-state index is 0.333. The molecule has 2 aliphatic rings. The summed E-state index contributed by atoms with van der Waals surface area (Å²) in [6.45, 7) is 0. The lowest BCUT2D eigenvalue weighted by molar-refractivity contribution is 0.594. The van der Waals surface area contributed by atoms with Crippen molar-refractivity contribution in [3.63, 3.8) is 0 Å². The quantitative estimate of drug-likeness (QED) is 0.172. The molecular weight excluding hydrogens is 629 g/mol. The molecule has 0 radical (unpaired) electrons. The third-order valence-electron chi connectivity index (χ3n) is 9.03. The number of hydrogen-bond donors (Lipinski definition) is 0. The van der Waals surface area contributed by atoms with E-state index in [2.05, 4.69) is 115 Å². The van der Waals surface area contributed by atoms with Crippen LogP contribution >= 0.6 is 11.8 Å². The topological polar surface area (TPSA) is 40.6 Å². The lowest BCUT2D eigenvalue weighted by Crippen LogP contribution is -2.22. The molecule has 6 aromatic carbocycles. The molecular formula is C42H32N2O2S2. The molecule has 4 nitrogen and oxygen atoms in total. The molecule has 0 N–H and O–H groups in total. The van der Waals surface area contributed by atoms with E-state index in [0.717, 1.165) is 27.8 Å². The molecule has 6 heteroatoms. The Morgan fingerprint density at radius 2 is 0.917 bits per heavy atom. The second kappa shape index (κ2) is 12.1. The maximum Gasteiger partial charge on any atom is 0.210 e. The number of hydrogen-bond acceptors (Lipinski definition) is 5. The van der Waals surface area contributed by atoms with Gasteiger partial charge in [-0.1, -0.05) is 121 Å². The summed E-state index contributed by atoms with van der Waals surface area (Å²) in [6, 6.07) is 44.9. The molecule has 0 unspecified atom stereocenters. The normalized spacial score (nSPS) is 14.5. The Labute approximate surface area is 286 Å². The van der Waals surface area contributed by atoms with Crippen LogP contribution in [-0.4, -0.2) is 22.5 Å². The molecule has 0 bridgehead atoms. The van der Waals surface area contributed by atoms with Crippen LogP contribution in [-0.2, 0) is 9.84 Å². The van der Waals surface area contributed by atoms with Gasteiger partial charge in [-0.3, -0.25) is 0 Å². The summed E-state index contributed by atoms with van der Waals surface area (Å²) >= 11 is 1.82. The van der Waals surface area contributed by atoms with Gasteiger partial charge in [0.2, 0.25) is 9.84 Å². The third kappa shape index (κ3) is 5.43. The van der Waals surface area contributed by atoms with E-state index >= 15 is 0 Å². The number of sulfone groups is 1. The van der Waals surface area contributed by atoms with Crippen LogP contribution in [0.5, 0.6) is 0 Å². The van der Waals surface area contributed by atoms with Crippen LogP contribution < -0.4 is 9.80 Å². The van der Waals surface area contributed by atoms with E-state index in [0.29, 0.717) is 21.2 Å². The van der Waals surface area contributed by atoms with Crippen molar-refractivity contribution in [3.05, 3.63) is 156 Å². The maximum atomic E-state index is 13.4. The Kier molecular flexibility index (Phi) is 7.55. The van der Waals surface area contributed by atoms with Gasteiger partial charge in [0.05, 0.1) is 32.5 Å². The monoisotopic (exact) mass is 660 g/mol. The van der Waals surface area contributed by atoms with Crippen molar-refractivity contribution in [2.75, 3.05) is 23.9 Å². The zero-order chi connectivity index (χ0) is 32.8. The molecule has 234 valence electrons. The van der Waals surface area contributed by atoms with Gasteiger partial charge in [0.25, 0.3) is 0 Å². The van der Waals surface area contributed by atoms with E-state index in [9.17, 15) is 8.42 Å². The largest absolute Gasteiger partial charge is 0.343 e. The highest BCUT2D eigenvalue weighted by atomic mass is 32.2. The number of anilines is 4. The molecule has 0 atom stereocenters. The first-order chi connectivity index (χ1) is 23.3. The number of benzene rings is 6. The summed E-state index contributed by atoms with van der Waals surface area (Å²) in [5, 5.41) is 0. The van der Waals surface area contributed by atoms with Crippen LogP contribution in [0.3, 0.4) is 0 Å². The van der Waals surface area contributed by atoms with Gasteiger partial charge in [-0.2, -0.15) is 0 Å². The highest BCUT2D eigenvalue weighted by molar-refractivity contribution is 7.99. The average Bonchev–Trinajstić information content (AvgIpc) is 3.13. The summed E-state index contributed by atoms with van der Waals surface area (Å²) < 4.78 is 26.8. The predicted octanol–water partition coefficient (Wildman–Crippen LogP) is 10.8. The van der Waals surface area contributed by atoms with Crippen molar-refractivity contribution in [3.8, 4) is 11.1 Å². The molecule has 0 saturated carbocycles. The van der Waals surface area contributed by atoms with Crippen molar-refractivity contribution < 1.29 is 8.42 Å². The van der Waals surface area contributed by atoms with E-state index in [1.807, 2.05) is 60.1 Å². The van der Waals surface area contributed by atoms with Gasteiger partial charge in [-0.15, -0.1) is 0 Å². The van der Waals surface area contributed by atoms with Crippen LogP contribution in [0.25, 0.3) is 35.4 Å². The summed E-state index contributed by atoms with van der Waals surface area (Å²) in [4.78, 5) is 7.42. The van der Waals surface area contributed by atoms with Crippen molar-refractivity contribution in [1.82, 2.24) is 0 Å². The molecule has 2 aliphatic heterocycles. The van der Waals surface area contributed by atoms with Gasteiger partial charge in [-0.25, -0.2) is 8.42 Å². The zero-order valence-electron chi connectivity index (χ0n) is 26.5. The predicted molar refractivity (Wildman–Crippen MR) is 201 cm³/mol. The highest BCUT2D eigenvalue weighted by Crippen LogP contribution is 2.47. The minimum Gasteiger partial charge on any atom is -0.343 e. The first-order valence-electron chi connectivity index (χ1n) is 15.8. The molecule has 6 aromatic rings. The van der Waals surface area contributed by atoms with Crippen LogP contribution in [0.2, 0.25) is 0 Å². The van der Waals surface area contributed by atoms with Crippen molar-refractivity contribution >= 4 is 68.7 Å². The van der Waals surface area contributed by atoms with E-state index in [1.54, 1.807) is 18.2 Å². The molecule has 0 fully saturated rings. The van der Waals surface area contributed by atoms with E-state index in [1.165, 1.54) is 26.7 Å². The van der Waals surface area contributed by atoms with Gasteiger partial charge in [0, 0.05) is 23.9 Å². The Balaban J connectivity index is 0.946. The van der Waals surface area contributed by atoms with Gasteiger partial charge < -0.3 is 9.80 Å². The Bertz CT molecular complexity index is 2360. The SMILES string of the molecule is CN1c2ccccc2Sc2cc(C=Cc3ccc(-c4ccc(C=Cc5ccc6c(c5)S(=O)(=O)c5ccccc5N6C)cc4)cc3)ccc21. The van der Waals surface area contributed by atoms with E-state index < -0.39 is 9.84 Å². The molecule has 0 saturated heterocycles. The molecule has 0 spiro atoms. The Morgan fingerprint density at radius 3 is 1.58 bits per heavy atom. The summed E-state index contributed by atoms with van der Waals surface area (Å²) in [6.07, 6.45) is 8.31. The lowest BCUT2D eigenvalue weighted by Gasteiger charge is -2.29. The Morgan fingerprint density at radius 1 is 0.458 bits per heavy atom. The van der Waals surface area contributed by atoms with Crippen LogP contribution in [0.15, 0.2) is 153 Å². The van der Waals surface area contributed by atoms with Gasteiger partial charge in [-0.05, 0) is 81.9 Å². The third-order valence-corrected chi connectivity index (χ3v) is 12.0. The molecule has 0 amide bonds. The van der Waals surface area contributed by atoms with Gasteiger partial charge in [0.1, 0.15) is 0 Å². The fraction of sp³-hybridized carbons (Fsp3) is 0.0476. The van der Waals surface area contributed by atoms with Gasteiger partial charge in [0.15, 0.2) is 0 Å². The van der Waals surface area contributed by atoms with Gasteiger partial charge >= 0.3 is 0 Å². The van der Waals surface area contributed by atoms with Crippen molar-refractivity contribution in [2.24, 2.45) is 0 Å². The van der Waals surface area contributed by atoms with E-state index in [-0.39, 0.29) is 0 Å².